The monoisotopic (exact) mass is 441 g/mol. The molecule has 0 heterocycles. The number of nitrogens with one attached hydrogen (secondary N) is 2. The first-order valence-electron chi connectivity index (χ1n) is 6.85. The molecule has 5 nitrogen and oxygen atoms in total. The third-order valence-corrected chi connectivity index (χ3v) is 2.62. The number of hydrogen-bond acceptors (Lipinski definition) is 3. The van der Waals surface area contributed by atoms with Crippen molar-refractivity contribution in [3.05, 3.63) is 36.4 Å². The number of guanidine groups is 1. The van der Waals surface area contributed by atoms with E-state index >= 15 is 0 Å². The largest absolute Gasteiger partial charge is 0.493 e. The van der Waals surface area contributed by atoms with Gasteiger partial charge in [-0.1, -0.05) is 12.1 Å². The second-order valence-corrected chi connectivity index (χ2v) is 4.23. The van der Waals surface area contributed by atoms with Crippen molar-refractivity contribution in [1.82, 2.24) is 10.6 Å². The summed E-state index contributed by atoms with van der Waals surface area (Å²) < 4.78 is 34.2. The predicted molar refractivity (Wildman–Crippen MR) is 98.1 cm³/mol. The van der Waals surface area contributed by atoms with Gasteiger partial charge in [-0.25, -0.2) is 4.99 Å². The smallest absolute Gasteiger partial charge is 0.387 e. The molecule has 1 aromatic carbocycles. The molecule has 0 bridgehead atoms. The second kappa shape index (κ2) is 11.9. The Labute approximate surface area is 152 Å². The van der Waals surface area contributed by atoms with Crippen LogP contribution in [0.1, 0.15) is 12.5 Å². The Hall–Kier alpha value is -1.58. The summed E-state index contributed by atoms with van der Waals surface area (Å²) in [6, 6.07) is 4.82. The minimum atomic E-state index is -2.90. The van der Waals surface area contributed by atoms with E-state index in [2.05, 4.69) is 26.9 Å². The SMILES string of the molecule is C=CCNC(=NCc1ccc(OC)c(OC(F)F)c1)NCC.I. The number of methoxy groups -OCH3 is 1. The van der Waals surface area contributed by atoms with E-state index in [-0.39, 0.29) is 35.5 Å². The molecule has 0 amide bonds. The molecule has 1 rings (SSSR count). The molecule has 0 aromatic heterocycles. The minimum Gasteiger partial charge on any atom is -0.493 e. The number of hydrogen-bond donors (Lipinski definition) is 2. The van der Waals surface area contributed by atoms with Crippen LogP contribution < -0.4 is 20.1 Å². The van der Waals surface area contributed by atoms with Gasteiger partial charge in [0.15, 0.2) is 17.5 Å². The predicted octanol–water partition coefficient (Wildman–Crippen LogP) is 3.16. The number of aliphatic imine (C=N–C) groups is 1. The van der Waals surface area contributed by atoms with Gasteiger partial charge < -0.3 is 20.1 Å². The van der Waals surface area contributed by atoms with Crippen molar-refractivity contribution in [3.63, 3.8) is 0 Å². The van der Waals surface area contributed by atoms with Gasteiger partial charge in [-0.05, 0) is 24.6 Å². The van der Waals surface area contributed by atoms with E-state index in [4.69, 9.17) is 4.74 Å². The lowest BCUT2D eigenvalue weighted by atomic mass is 10.2. The molecule has 2 N–H and O–H groups in total. The van der Waals surface area contributed by atoms with Crippen molar-refractivity contribution in [3.8, 4) is 11.5 Å². The zero-order valence-electron chi connectivity index (χ0n) is 13.1. The summed E-state index contributed by atoms with van der Waals surface area (Å²) in [6.07, 6.45) is 1.72. The van der Waals surface area contributed by atoms with E-state index in [9.17, 15) is 8.78 Å². The van der Waals surface area contributed by atoms with Crippen LogP contribution in [-0.2, 0) is 6.54 Å². The first-order chi connectivity index (χ1) is 10.6. The average Bonchev–Trinajstić information content (AvgIpc) is 2.49. The van der Waals surface area contributed by atoms with Crippen LogP contribution in [0.25, 0.3) is 0 Å². The molecule has 1 aromatic rings. The topological polar surface area (TPSA) is 54.9 Å². The molecule has 0 radical (unpaired) electrons. The zero-order valence-corrected chi connectivity index (χ0v) is 15.5. The Morgan fingerprint density at radius 2 is 2.09 bits per heavy atom. The van der Waals surface area contributed by atoms with Crippen molar-refractivity contribution in [1.29, 1.82) is 0 Å². The van der Waals surface area contributed by atoms with Crippen LogP contribution in [0.4, 0.5) is 8.78 Å². The molecule has 8 heteroatoms. The van der Waals surface area contributed by atoms with Crippen molar-refractivity contribution < 1.29 is 18.3 Å². The number of alkyl halides is 2. The molecule has 0 aliphatic rings. The third-order valence-electron chi connectivity index (χ3n) is 2.62. The highest BCUT2D eigenvalue weighted by Crippen LogP contribution is 2.29. The molecule has 130 valence electrons. The minimum absolute atomic E-state index is 0. The van der Waals surface area contributed by atoms with Crippen LogP contribution in [0, 0.1) is 0 Å². The maximum Gasteiger partial charge on any atom is 0.387 e. The van der Waals surface area contributed by atoms with Gasteiger partial charge in [0.05, 0.1) is 13.7 Å². The van der Waals surface area contributed by atoms with Gasteiger partial charge in [-0.3, -0.25) is 0 Å². The molecule has 0 saturated carbocycles. The summed E-state index contributed by atoms with van der Waals surface area (Å²) in [7, 11) is 1.40. The van der Waals surface area contributed by atoms with Gasteiger partial charge in [-0.2, -0.15) is 8.78 Å². The summed E-state index contributed by atoms with van der Waals surface area (Å²) in [5, 5.41) is 6.13. The molecule has 0 saturated heterocycles. The molecule has 0 spiro atoms. The highest BCUT2D eigenvalue weighted by atomic mass is 127. The van der Waals surface area contributed by atoms with Gasteiger partial charge in [0, 0.05) is 13.1 Å². The fourth-order valence-corrected chi connectivity index (χ4v) is 1.69. The van der Waals surface area contributed by atoms with Gasteiger partial charge in [0.25, 0.3) is 0 Å². The lowest BCUT2D eigenvalue weighted by molar-refractivity contribution is -0.0512. The first kappa shape index (κ1) is 21.4. The second-order valence-electron chi connectivity index (χ2n) is 4.23. The quantitative estimate of drug-likeness (QED) is 0.282. The van der Waals surface area contributed by atoms with Crippen LogP contribution in [0.15, 0.2) is 35.8 Å². The average molecular weight is 441 g/mol. The number of rotatable bonds is 8. The zero-order chi connectivity index (χ0) is 16.4. The van der Waals surface area contributed by atoms with E-state index in [1.165, 1.54) is 13.2 Å². The Kier molecular flexibility index (Phi) is 11.1. The highest BCUT2D eigenvalue weighted by Gasteiger charge is 2.11. The van der Waals surface area contributed by atoms with Crippen molar-refractivity contribution in [2.24, 2.45) is 4.99 Å². The number of halogens is 3. The van der Waals surface area contributed by atoms with E-state index in [0.717, 1.165) is 5.56 Å². The van der Waals surface area contributed by atoms with E-state index < -0.39 is 6.61 Å². The van der Waals surface area contributed by atoms with Crippen LogP contribution in [0.2, 0.25) is 0 Å². The molecule has 0 atom stereocenters. The maximum absolute atomic E-state index is 12.4. The maximum atomic E-state index is 12.4. The molecule has 0 fully saturated rings. The van der Waals surface area contributed by atoms with Crippen LogP contribution >= 0.6 is 24.0 Å². The summed E-state index contributed by atoms with van der Waals surface area (Å²) in [5.74, 6) is 0.869. The Morgan fingerprint density at radius 3 is 2.65 bits per heavy atom. The summed E-state index contributed by atoms with van der Waals surface area (Å²) in [6.45, 7) is 4.28. The number of ether oxygens (including phenoxy) is 2. The molecular formula is C15H22F2IN3O2. The van der Waals surface area contributed by atoms with Crippen molar-refractivity contribution in [2.75, 3.05) is 20.2 Å². The Bertz CT molecular complexity index is 513. The summed E-state index contributed by atoms with van der Waals surface area (Å²) in [5.41, 5.74) is 0.729. The number of nitrogens with zero attached hydrogens (tertiary/aromatic N) is 1. The van der Waals surface area contributed by atoms with E-state index in [1.807, 2.05) is 6.92 Å². The van der Waals surface area contributed by atoms with Crippen LogP contribution in [0.5, 0.6) is 11.5 Å². The van der Waals surface area contributed by atoms with E-state index in [1.54, 1.807) is 18.2 Å². The third kappa shape index (κ3) is 8.00. The molecule has 0 unspecified atom stereocenters. The molecule has 0 aliphatic heterocycles. The standard InChI is InChI=1S/C15H21F2N3O2.HI/c1-4-8-19-15(18-5-2)20-10-11-6-7-12(21-3)13(9-11)22-14(16)17;/h4,6-7,9,14H,1,5,8,10H2,2-3H3,(H2,18,19,20);1H. The summed E-state index contributed by atoms with van der Waals surface area (Å²) >= 11 is 0. The van der Waals surface area contributed by atoms with E-state index in [0.29, 0.717) is 25.6 Å². The fraction of sp³-hybridized carbons (Fsp3) is 0.400. The highest BCUT2D eigenvalue weighted by molar-refractivity contribution is 14.0. The first-order valence-corrected chi connectivity index (χ1v) is 6.85. The van der Waals surface area contributed by atoms with Gasteiger partial charge in [0.1, 0.15) is 0 Å². The van der Waals surface area contributed by atoms with Crippen LogP contribution in [0.3, 0.4) is 0 Å². The van der Waals surface area contributed by atoms with Crippen molar-refractivity contribution >= 4 is 29.9 Å². The molecular weight excluding hydrogens is 419 g/mol. The lowest BCUT2D eigenvalue weighted by Crippen LogP contribution is -2.37. The fourth-order valence-electron chi connectivity index (χ4n) is 1.69. The molecule has 23 heavy (non-hydrogen) atoms. The summed E-state index contributed by atoms with van der Waals surface area (Å²) in [4.78, 5) is 4.36. The van der Waals surface area contributed by atoms with Gasteiger partial charge in [0.2, 0.25) is 0 Å². The number of benzene rings is 1. The molecule has 0 aliphatic carbocycles. The lowest BCUT2D eigenvalue weighted by Gasteiger charge is -2.12. The Morgan fingerprint density at radius 1 is 1.35 bits per heavy atom. The van der Waals surface area contributed by atoms with Gasteiger partial charge >= 0.3 is 6.61 Å². The van der Waals surface area contributed by atoms with Gasteiger partial charge in [-0.15, -0.1) is 30.6 Å². The van der Waals surface area contributed by atoms with Crippen molar-refractivity contribution in [2.45, 2.75) is 20.1 Å². The van der Waals surface area contributed by atoms with Crippen LogP contribution in [-0.4, -0.2) is 32.8 Å². The Balaban J connectivity index is 0.00000484. The normalized spacial score (nSPS) is 10.7.